The van der Waals surface area contributed by atoms with E-state index in [4.69, 9.17) is 5.11 Å². The predicted octanol–water partition coefficient (Wildman–Crippen LogP) is 0.331. The van der Waals surface area contributed by atoms with Crippen LogP contribution in [0.4, 0.5) is 0 Å². The van der Waals surface area contributed by atoms with E-state index in [0.717, 1.165) is 13.0 Å². The molecule has 0 radical (unpaired) electrons. The Balaban J connectivity index is 2.35. The number of hydrogen-bond acceptors (Lipinski definition) is 2. The Kier molecular flexibility index (Phi) is 2.06. The summed E-state index contributed by atoms with van der Waals surface area (Å²) in [5.74, 6) is -0.715. The van der Waals surface area contributed by atoms with Gasteiger partial charge in [-0.3, -0.25) is 9.69 Å². The monoisotopic (exact) mass is 141 g/mol. The fraction of sp³-hybridized carbons (Fsp3) is 0.571. The van der Waals surface area contributed by atoms with Crippen molar-refractivity contribution in [1.29, 1.82) is 0 Å². The van der Waals surface area contributed by atoms with E-state index in [2.05, 4.69) is 6.58 Å². The average Bonchev–Trinajstić information content (AvgIpc) is 1.78. The van der Waals surface area contributed by atoms with Crippen LogP contribution in [0.3, 0.4) is 0 Å². The lowest BCUT2D eigenvalue weighted by Gasteiger charge is -2.36. The molecule has 1 saturated heterocycles. The first-order chi connectivity index (χ1) is 4.75. The molecule has 0 aliphatic carbocycles. The molecule has 0 saturated carbocycles. The summed E-state index contributed by atoms with van der Waals surface area (Å²) in [5.41, 5.74) is 0. The van der Waals surface area contributed by atoms with Gasteiger partial charge in [0.1, 0.15) is 6.04 Å². The molecule has 0 aromatic rings. The van der Waals surface area contributed by atoms with Crippen LogP contribution < -0.4 is 0 Å². The lowest BCUT2D eigenvalue weighted by molar-refractivity contribution is -0.147. The number of carbonyl (C=O) groups is 1. The average molecular weight is 141 g/mol. The van der Waals surface area contributed by atoms with Crippen LogP contribution >= 0.6 is 0 Å². The lowest BCUT2D eigenvalue weighted by Crippen LogP contribution is -2.52. The Bertz CT molecular complexity index is 156. The molecule has 1 aliphatic heterocycles. The molecule has 1 N–H and O–H groups in total. The number of likely N-dealkylation sites (tertiary alicyclic amines) is 1. The summed E-state index contributed by atoms with van der Waals surface area (Å²) in [6, 6.07) is -0.252. The quantitative estimate of drug-likeness (QED) is 0.576. The van der Waals surface area contributed by atoms with Crippen molar-refractivity contribution >= 4 is 5.97 Å². The Morgan fingerprint density at radius 3 is 2.90 bits per heavy atom. The highest BCUT2D eigenvalue weighted by Gasteiger charge is 2.32. The van der Waals surface area contributed by atoms with Gasteiger partial charge in [-0.2, -0.15) is 0 Å². The van der Waals surface area contributed by atoms with Crippen molar-refractivity contribution in [3.05, 3.63) is 12.7 Å². The van der Waals surface area contributed by atoms with Crippen molar-refractivity contribution in [2.75, 3.05) is 13.1 Å². The van der Waals surface area contributed by atoms with E-state index >= 15 is 0 Å². The third-order valence-corrected chi connectivity index (χ3v) is 1.78. The normalized spacial score (nSPS) is 25.4. The van der Waals surface area contributed by atoms with Gasteiger partial charge >= 0.3 is 5.97 Å². The highest BCUT2D eigenvalue weighted by atomic mass is 16.4. The van der Waals surface area contributed by atoms with Crippen LogP contribution in [-0.2, 0) is 4.79 Å². The largest absolute Gasteiger partial charge is 0.480 e. The molecule has 0 aromatic carbocycles. The number of aliphatic carboxylic acids is 1. The zero-order valence-corrected chi connectivity index (χ0v) is 5.79. The minimum Gasteiger partial charge on any atom is -0.480 e. The molecule has 56 valence electrons. The molecular formula is C7H11NO2. The third-order valence-electron chi connectivity index (χ3n) is 1.78. The molecule has 0 amide bonds. The topological polar surface area (TPSA) is 40.5 Å². The van der Waals surface area contributed by atoms with Crippen molar-refractivity contribution < 1.29 is 9.90 Å². The molecule has 0 bridgehead atoms. The minimum atomic E-state index is -0.715. The van der Waals surface area contributed by atoms with Gasteiger partial charge in [0.2, 0.25) is 0 Å². The second-order valence-corrected chi connectivity index (χ2v) is 2.43. The maximum absolute atomic E-state index is 10.4. The molecule has 10 heavy (non-hydrogen) atoms. The molecule has 3 heteroatoms. The van der Waals surface area contributed by atoms with Crippen LogP contribution in [0.2, 0.25) is 0 Å². The lowest BCUT2D eigenvalue weighted by atomic mass is 10.0. The Morgan fingerprint density at radius 1 is 1.90 bits per heavy atom. The maximum Gasteiger partial charge on any atom is 0.320 e. The van der Waals surface area contributed by atoms with Crippen LogP contribution in [0, 0.1) is 0 Å². The number of rotatable bonds is 3. The second-order valence-electron chi connectivity index (χ2n) is 2.43. The van der Waals surface area contributed by atoms with Crippen LogP contribution in [0.5, 0.6) is 0 Å². The molecule has 1 fully saturated rings. The summed E-state index contributed by atoms with van der Waals surface area (Å²) in [6.45, 7) is 5.12. The van der Waals surface area contributed by atoms with E-state index in [0.29, 0.717) is 6.54 Å². The summed E-state index contributed by atoms with van der Waals surface area (Å²) >= 11 is 0. The van der Waals surface area contributed by atoms with Crippen molar-refractivity contribution in [1.82, 2.24) is 4.90 Å². The standard InChI is InChI=1S/C7H11NO2/c1-2-4-8-5-3-6(8)7(9)10/h2,6H,1,3-5H2,(H,9,10)/t6-/m0/s1. The number of nitrogens with zero attached hydrogens (tertiary/aromatic N) is 1. The predicted molar refractivity (Wildman–Crippen MR) is 37.8 cm³/mol. The van der Waals surface area contributed by atoms with Gasteiger partial charge in [0.05, 0.1) is 0 Å². The summed E-state index contributed by atoms with van der Waals surface area (Å²) in [7, 11) is 0. The molecule has 1 aliphatic rings. The van der Waals surface area contributed by atoms with E-state index in [-0.39, 0.29) is 6.04 Å². The molecule has 1 rings (SSSR count). The van der Waals surface area contributed by atoms with E-state index < -0.39 is 5.97 Å². The summed E-state index contributed by atoms with van der Waals surface area (Å²) in [4.78, 5) is 12.3. The second kappa shape index (κ2) is 2.84. The Labute approximate surface area is 59.9 Å². The van der Waals surface area contributed by atoms with Gasteiger partial charge in [-0.1, -0.05) is 6.08 Å². The van der Waals surface area contributed by atoms with Crippen molar-refractivity contribution in [2.45, 2.75) is 12.5 Å². The van der Waals surface area contributed by atoms with Crippen molar-refractivity contribution in [3.63, 3.8) is 0 Å². The van der Waals surface area contributed by atoms with Crippen LogP contribution in [0.25, 0.3) is 0 Å². The van der Waals surface area contributed by atoms with Gasteiger partial charge < -0.3 is 5.11 Å². The molecule has 0 unspecified atom stereocenters. The highest BCUT2D eigenvalue weighted by molar-refractivity contribution is 5.74. The highest BCUT2D eigenvalue weighted by Crippen LogP contribution is 2.16. The smallest absolute Gasteiger partial charge is 0.320 e. The van der Waals surface area contributed by atoms with Crippen molar-refractivity contribution in [2.24, 2.45) is 0 Å². The first-order valence-electron chi connectivity index (χ1n) is 3.33. The molecule has 0 aromatic heterocycles. The van der Waals surface area contributed by atoms with Gasteiger partial charge in [-0.05, 0) is 6.42 Å². The van der Waals surface area contributed by atoms with Gasteiger partial charge in [-0.15, -0.1) is 6.58 Å². The van der Waals surface area contributed by atoms with Gasteiger partial charge in [0, 0.05) is 13.1 Å². The zero-order chi connectivity index (χ0) is 7.56. The fourth-order valence-corrected chi connectivity index (χ4v) is 1.10. The van der Waals surface area contributed by atoms with Crippen LogP contribution in [0.1, 0.15) is 6.42 Å². The Morgan fingerprint density at radius 2 is 2.60 bits per heavy atom. The number of carboxylic acid groups (broad SMARTS) is 1. The van der Waals surface area contributed by atoms with E-state index in [1.54, 1.807) is 6.08 Å². The zero-order valence-electron chi connectivity index (χ0n) is 5.79. The van der Waals surface area contributed by atoms with Gasteiger partial charge in [0.15, 0.2) is 0 Å². The van der Waals surface area contributed by atoms with E-state index in [1.807, 2.05) is 4.90 Å². The van der Waals surface area contributed by atoms with E-state index in [9.17, 15) is 4.79 Å². The van der Waals surface area contributed by atoms with Gasteiger partial charge in [-0.25, -0.2) is 0 Å². The first-order valence-corrected chi connectivity index (χ1v) is 3.33. The van der Waals surface area contributed by atoms with Crippen molar-refractivity contribution in [3.8, 4) is 0 Å². The third kappa shape index (κ3) is 1.19. The summed E-state index contributed by atoms with van der Waals surface area (Å²) < 4.78 is 0. The van der Waals surface area contributed by atoms with Crippen LogP contribution in [-0.4, -0.2) is 35.1 Å². The molecule has 3 nitrogen and oxygen atoms in total. The maximum atomic E-state index is 10.4. The first kappa shape index (κ1) is 7.28. The summed E-state index contributed by atoms with van der Waals surface area (Å²) in [6.07, 6.45) is 2.51. The SMILES string of the molecule is C=CCN1CC[C@H]1C(=O)O. The fourth-order valence-electron chi connectivity index (χ4n) is 1.10. The number of carboxylic acids is 1. The molecular weight excluding hydrogens is 130 g/mol. The molecule has 1 atom stereocenters. The van der Waals surface area contributed by atoms with Crippen LogP contribution in [0.15, 0.2) is 12.7 Å². The van der Waals surface area contributed by atoms with Gasteiger partial charge in [0.25, 0.3) is 0 Å². The number of hydrogen-bond donors (Lipinski definition) is 1. The van der Waals surface area contributed by atoms with E-state index in [1.165, 1.54) is 0 Å². The summed E-state index contributed by atoms with van der Waals surface area (Å²) in [5, 5.41) is 8.55. The molecule has 0 spiro atoms. The minimum absolute atomic E-state index is 0.252. The molecule has 1 heterocycles. The Hall–Kier alpha value is -0.830.